The van der Waals surface area contributed by atoms with Crippen LogP contribution in [0.1, 0.15) is 0 Å². The predicted octanol–water partition coefficient (Wildman–Crippen LogP) is 14.8. The van der Waals surface area contributed by atoms with Crippen molar-refractivity contribution in [2.75, 3.05) is 4.90 Å². The molecule has 0 amide bonds. The van der Waals surface area contributed by atoms with Gasteiger partial charge in [0.15, 0.2) is 5.58 Å². The van der Waals surface area contributed by atoms with Crippen LogP contribution in [0, 0.1) is 0 Å². The summed E-state index contributed by atoms with van der Waals surface area (Å²) in [5.41, 5.74) is 10.6. The van der Waals surface area contributed by atoms with E-state index in [-0.39, 0.29) is 0 Å². The van der Waals surface area contributed by atoms with Gasteiger partial charge in [-0.25, -0.2) is 9.97 Å². The Balaban J connectivity index is 1.09. The third kappa shape index (κ3) is 4.82. The van der Waals surface area contributed by atoms with Gasteiger partial charge in [0.2, 0.25) is 5.95 Å². The molecular formula is C54H32N4O2. The highest BCUT2D eigenvalue weighted by Gasteiger charge is 2.24. The van der Waals surface area contributed by atoms with E-state index in [4.69, 9.17) is 18.8 Å². The summed E-state index contributed by atoms with van der Waals surface area (Å²) in [6.07, 6.45) is 0. The molecule has 0 radical (unpaired) electrons. The zero-order valence-corrected chi connectivity index (χ0v) is 32.1. The van der Waals surface area contributed by atoms with E-state index in [0.29, 0.717) is 17.2 Å². The van der Waals surface area contributed by atoms with Crippen molar-refractivity contribution in [3.63, 3.8) is 0 Å². The summed E-state index contributed by atoms with van der Waals surface area (Å²) < 4.78 is 15.4. The van der Waals surface area contributed by atoms with Gasteiger partial charge in [-0.15, -0.1) is 0 Å². The second kappa shape index (κ2) is 12.6. The molecule has 4 aromatic heterocycles. The average Bonchev–Trinajstić information content (AvgIpc) is 3.99. The Kier molecular flexibility index (Phi) is 6.91. The number of hydrogen-bond donors (Lipinski definition) is 0. The fourth-order valence-electron chi connectivity index (χ4n) is 9.30. The largest absolute Gasteiger partial charge is 0.456 e. The third-order valence-electron chi connectivity index (χ3n) is 12.0. The predicted molar refractivity (Wildman–Crippen MR) is 246 cm³/mol. The van der Waals surface area contributed by atoms with Crippen LogP contribution in [0.4, 0.5) is 17.1 Å². The number of aromatic nitrogens is 3. The molecule has 280 valence electrons. The molecule has 0 N–H and O–H groups in total. The Morgan fingerprint density at radius 1 is 0.400 bits per heavy atom. The van der Waals surface area contributed by atoms with Crippen molar-refractivity contribution in [3.8, 4) is 17.2 Å². The Labute approximate surface area is 342 Å². The molecule has 13 aromatic rings. The van der Waals surface area contributed by atoms with E-state index in [2.05, 4.69) is 185 Å². The number of anilines is 3. The van der Waals surface area contributed by atoms with Crippen LogP contribution >= 0.6 is 0 Å². The first-order valence-corrected chi connectivity index (χ1v) is 20.2. The van der Waals surface area contributed by atoms with Crippen LogP contribution in [0.3, 0.4) is 0 Å². The summed E-state index contributed by atoms with van der Waals surface area (Å²) in [5, 5.41) is 10.0. The van der Waals surface area contributed by atoms with Crippen LogP contribution in [-0.2, 0) is 0 Å². The fourth-order valence-corrected chi connectivity index (χ4v) is 9.30. The molecule has 0 aliphatic carbocycles. The number of hydrogen-bond acceptors (Lipinski definition) is 5. The summed E-state index contributed by atoms with van der Waals surface area (Å²) in [7, 11) is 0. The van der Waals surface area contributed by atoms with E-state index >= 15 is 0 Å². The first-order chi connectivity index (χ1) is 29.7. The van der Waals surface area contributed by atoms with Gasteiger partial charge in [0.1, 0.15) is 28.0 Å². The minimum Gasteiger partial charge on any atom is -0.456 e. The molecule has 13 rings (SSSR count). The number of para-hydroxylation sites is 3. The summed E-state index contributed by atoms with van der Waals surface area (Å²) in [6.45, 7) is 0. The van der Waals surface area contributed by atoms with Crippen LogP contribution in [0.2, 0.25) is 0 Å². The third-order valence-corrected chi connectivity index (χ3v) is 12.0. The summed E-state index contributed by atoms with van der Waals surface area (Å²) >= 11 is 0. The molecule has 6 nitrogen and oxygen atoms in total. The molecular weight excluding hydrogens is 737 g/mol. The lowest BCUT2D eigenvalue weighted by Crippen LogP contribution is -2.09. The van der Waals surface area contributed by atoms with Crippen molar-refractivity contribution in [3.05, 3.63) is 194 Å². The maximum Gasteiger partial charge on any atom is 0.236 e. The van der Waals surface area contributed by atoms with Gasteiger partial charge in [-0.1, -0.05) is 115 Å². The van der Waals surface area contributed by atoms with Crippen molar-refractivity contribution in [1.82, 2.24) is 14.5 Å². The van der Waals surface area contributed by atoms with E-state index < -0.39 is 0 Å². The van der Waals surface area contributed by atoms with Gasteiger partial charge in [-0.2, -0.15) is 0 Å². The van der Waals surface area contributed by atoms with Crippen molar-refractivity contribution < 1.29 is 8.83 Å². The van der Waals surface area contributed by atoms with Gasteiger partial charge in [0.05, 0.1) is 11.0 Å². The van der Waals surface area contributed by atoms with Gasteiger partial charge in [0.25, 0.3) is 0 Å². The Morgan fingerprint density at radius 3 is 1.82 bits per heavy atom. The van der Waals surface area contributed by atoms with Gasteiger partial charge in [-0.05, 0) is 100 Å². The quantitative estimate of drug-likeness (QED) is 0.174. The van der Waals surface area contributed by atoms with Crippen LogP contribution in [-0.4, -0.2) is 14.5 Å². The summed E-state index contributed by atoms with van der Waals surface area (Å²) in [6, 6.07) is 67.9. The number of furan rings is 2. The van der Waals surface area contributed by atoms with Crippen molar-refractivity contribution in [1.29, 1.82) is 0 Å². The van der Waals surface area contributed by atoms with Crippen LogP contribution in [0.15, 0.2) is 203 Å². The van der Waals surface area contributed by atoms with Gasteiger partial charge in [-0.3, -0.25) is 4.57 Å². The molecule has 0 fully saturated rings. The molecule has 9 aromatic carbocycles. The monoisotopic (exact) mass is 768 g/mol. The second-order valence-electron chi connectivity index (χ2n) is 15.3. The van der Waals surface area contributed by atoms with Crippen molar-refractivity contribution in [2.45, 2.75) is 0 Å². The normalized spacial score (nSPS) is 12.0. The maximum absolute atomic E-state index is 6.63. The molecule has 0 aliphatic rings. The highest BCUT2D eigenvalue weighted by molar-refractivity contribution is 6.22. The zero-order chi connectivity index (χ0) is 39.3. The summed E-state index contributed by atoms with van der Waals surface area (Å²) in [4.78, 5) is 13.1. The molecule has 0 aliphatic heterocycles. The van der Waals surface area contributed by atoms with E-state index in [1.807, 2.05) is 18.2 Å². The zero-order valence-electron chi connectivity index (χ0n) is 32.1. The number of benzene rings is 9. The lowest BCUT2D eigenvalue weighted by Gasteiger charge is -2.25. The van der Waals surface area contributed by atoms with Crippen molar-refractivity contribution >= 4 is 104 Å². The van der Waals surface area contributed by atoms with Crippen LogP contribution < -0.4 is 4.90 Å². The minimum absolute atomic E-state index is 0.561. The number of nitrogens with zero attached hydrogens (tertiary/aromatic N) is 4. The summed E-state index contributed by atoms with van der Waals surface area (Å²) in [5.74, 6) is 0.561. The molecule has 60 heavy (non-hydrogen) atoms. The molecule has 0 spiro atoms. The molecule has 6 heteroatoms. The lowest BCUT2D eigenvalue weighted by molar-refractivity contribution is 0.666. The molecule has 4 heterocycles. The smallest absolute Gasteiger partial charge is 0.236 e. The Bertz CT molecular complexity index is 3810. The van der Waals surface area contributed by atoms with Crippen LogP contribution in [0.25, 0.3) is 105 Å². The van der Waals surface area contributed by atoms with Crippen molar-refractivity contribution in [2.24, 2.45) is 0 Å². The highest BCUT2D eigenvalue weighted by atomic mass is 16.3. The minimum atomic E-state index is 0.561. The van der Waals surface area contributed by atoms with E-state index in [1.54, 1.807) is 0 Å². The van der Waals surface area contributed by atoms with Crippen LogP contribution in [0.5, 0.6) is 0 Å². The lowest BCUT2D eigenvalue weighted by atomic mass is 10.0. The van der Waals surface area contributed by atoms with E-state index in [1.165, 1.54) is 21.5 Å². The first-order valence-electron chi connectivity index (χ1n) is 20.2. The molecule has 0 saturated heterocycles. The fraction of sp³-hybridized carbons (Fsp3) is 0. The molecule has 0 atom stereocenters. The standard InChI is InChI=1S/C54H32N4O2/c1-3-15-36(16-4-1)57(37-17-5-2-6-18-37)38-26-29-44-43(32-38)49-39-19-9-7-13-33(39)24-28-45(49)58(44)54-55-51(53-52(56-54)42-21-11-12-22-46(42)60-53)35-23-27-41-48(31-35)59-47-30-25-34-14-8-10-20-40(34)50(41)47/h1-32H. The molecule has 0 bridgehead atoms. The average molecular weight is 769 g/mol. The Hall–Kier alpha value is -8.22. The maximum atomic E-state index is 6.63. The first kappa shape index (κ1) is 32.8. The molecule has 0 saturated carbocycles. The highest BCUT2D eigenvalue weighted by Crippen LogP contribution is 2.43. The van der Waals surface area contributed by atoms with E-state index in [9.17, 15) is 0 Å². The SMILES string of the molecule is c1ccc(N(c2ccccc2)c2ccc3c(c2)c2c4ccccc4ccc2n3-c2nc(-c3ccc4c(c3)oc3ccc5ccccc5c34)c3oc4ccccc4c3n2)cc1. The van der Waals surface area contributed by atoms with E-state index in [0.717, 1.165) is 82.9 Å². The van der Waals surface area contributed by atoms with Gasteiger partial charge >= 0.3 is 0 Å². The van der Waals surface area contributed by atoms with Gasteiger partial charge < -0.3 is 13.7 Å². The molecule has 0 unspecified atom stereocenters. The second-order valence-corrected chi connectivity index (χ2v) is 15.3. The number of rotatable bonds is 5. The van der Waals surface area contributed by atoms with Gasteiger partial charge in [0, 0.05) is 49.6 Å². The number of fused-ring (bicyclic) bond motifs is 13. The topological polar surface area (TPSA) is 60.2 Å². The Morgan fingerprint density at radius 2 is 1.05 bits per heavy atom.